The minimum atomic E-state index is -4.75. The number of hydrogen-bond acceptors (Lipinski definition) is 5. The molecule has 0 aliphatic carbocycles. The van der Waals surface area contributed by atoms with Gasteiger partial charge in [-0.1, -0.05) is 11.6 Å². The maximum atomic E-state index is 14.2. The van der Waals surface area contributed by atoms with Crippen molar-refractivity contribution in [2.24, 2.45) is 0 Å². The summed E-state index contributed by atoms with van der Waals surface area (Å²) in [4.78, 5) is 23.9. The van der Waals surface area contributed by atoms with Crippen LogP contribution in [0.4, 0.5) is 17.6 Å². The zero-order chi connectivity index (χ0) is 20.4. The Labute approximate surface area is 160 Å². The van der Waals surface area contributed by atoms with Crippen LogP contribution in [-0.4, -0.2) is 27.6 Å². The van der Waals surface area contributed by atoms with Gasteiger partial charge in [0, 0.05) is 11.0 Å². The number of nitrogens with zero attached hydrogens (tertiary/aromatic N) is 2. The number of rotatable bonds is 5. The third kappa shape index (κ3) is 5.01. The summed E-state index contributed by atoms with van der Waals surface area (Å²) in [6.45, 7) is 3.36. The van der Waals surface area contributed by atoms with Crippen molar-refractivity contribution < 1.29 is 27.1 Å². The number of hydrogen-bond donors (Lipinski definition) is 0. The summed E-state index contributed by atoms with van der Waals surface area (Å²) in [7, 11) is 0. The molecule has 0 saturated carbocycles. The van der Waals surface area contributed by atoms with E-state index >= 15 is 0 Å². The van der Waals surface area contributed by atoms with E-state index in [1.165, 1.54) is 0 Å². The summed E-state index contributed by atoms with van der Waals surface area (Å²) in [6.07, 6.45) is -4.33. The van der Waals surface area contributed by atoms with E-state index in [-0.39, 0.29) is 16.5 Å². The predicted molar refractivity (Wildman–Crippen MR) is 91.8 cm³/mol. The zero-order valence-electron chi connectivity index (χ0n) is 14.0. The van der Waals surface area contributed by atoms with E-state index in [0.29, 0.717) is 16.9 Å². The van der Waals surface area contributed by atoms with Gasteiger partial charge < -0.3 is 4.74 Å². The molecule has 27 heavy (non-hydrogen) atoms. The first-order valence-electron chi connectivity index (χ1n) is 7.54. The second kappa shape index (κ2) is 8.30. The van der Waals surface area contributed by atoms with Crippen LogP contribution in [0.3, 0.4) is 0 Å². The predicted octanol–water partition coefficient (Wildman–Crippen LogP) is 4.09. The van der Waals surface area contributed by atoms with Crippen molar-refractivity contribution in [3.8, 4) is 5.69 Å². The summed E-state index contributed by atoms with van der Waals surface area (Å²) in [6, 6.07) is 2.34. The van der Waals surface area contributed by atoms with Crippen LogP contribution in [0.15, 0.2) is 34.1 Å². The molecule has 1 atom stereocenters. The molecule has 1 heterocycles. The van der Waals surface area contributed by atoms with Crippen LogP contribution in [0.5, 0.6) is 0 Å². The van der Waals surface area contributed by atoms with Crippen LogP contribution in [0, 0.1) is 5.82 Å². The van der Waals surface area contributed by atoms with Crippen molar-refractivity contribution in [1.29, 1.82) is 0 Å². The highest BCUT2D eigenvalue weighted by molar-refractivity contribution is 8.00. The van der Waals surface area contributed by atoms with Gasteiger partial charge in [-0.2, -0.15) is 23.0 Å². The second-order valence-electron chi connectivity index (χ2n) is 5.24. The Hall–Kier alpha value is -2.07. The molecule has 11 heteroatoms. The van der Waals surface area contributed by atoms with Gasteiger partial charge in [0.15, 0.2) is 5.82 Å². The van der Waals surface area contributed by atoms with Crippen molar-refractivity contribution in [2.45, 2.75) is 30.2 Å². The van der Waals surface area contributed by atoms with E-state index in [4.69, 9.17) is 16.3 Å². The number of benzene rings is 1. The lowest BCUT2D eigenvalue weighted by Gasteiger charge is -2.14. The topological polar surface area (TPSA) is 61.2 Å². The van der Waals surface area contributed by atoms with Crippen LogP contribution in [-0.2, 0) is 15.7 Å². The summed E-state index contributed by atoms with van der Waals surface area (Å²) in [5.74, 6) is -1.48. The third-order valence-electron chi connectivity index (χ3n) is 3.28. The fourth-order valence-electron chi connectivity index (χ4n) is 2.01. The molecule has 0 amide bonds. The summed E-state index contributed by atoms with van der Waals surface area (Å²) in [5, 5.41) is 2.68. The highest BCUT2D eigenvalue weighted by Crippen LogP contribution is 2.34. The van der Waals surface area contributed by atoms with Gasteiger partial charge in [-0.15, -0.1) is 11.8 Å². The quantitative estimate of drug-likeness (QED) is 0.411. The SMILES string of the molecule is CCOC(=O)C(C)Sc1cc(-n2ncc(C(F)(F)F)cc2=O)c(F)cc1Cl. The first-order chi connectivity index (χ1) is 12.5. The molecule has 1 unspecified atom stereocenters. The highest BCUT2D eigenvalue weighted by atomic mass is 35.5. The van der Waals surface area contributed by atoms with E-state index in [0.717, 1.165) is 23.9 Å². The first kappa shape index (κ1) is 21.2. The van der Waals surface area contributed by atoms with Crippen molar-refractivity contribution in [2.75, 3.05) is 6.61 Å². The molecule has 2 aromatic rings. The van der Waals surface area contributed by atoms with E-state index < -0.39 is 40.0 Å². The average Bonchev–Trinajstić information content (AvgIpc) is 2.57. The lowest BCUT2D eigenvalue weighted by Crippen LogP contribution is -2.24. The van der Waals surface area contributed by atoms with Gasteiger partial charge in [0.2, 0.25) is 0 Å². The molecular weight excluding hydrogens is 412 g/mol. The van der Waals surface area contributed by atoms with Gasteiger partial charge in [-0.3, -0.25) is 9.59 Å². The molecule has 1 aromatic carbocycles. The number of esters is 1. The van der Waals surface area contributed by atoms with Gasteiger partial charge in [0.25, 0.3) is 5.56 Å². The fourth-order valence-corrected chi connectivity index (χ4v) is 3.19. The monoisotopic (exact) mass is 424 g/mol. The Balaban J connectivity index is 2.44. The van der Waals surface area contributed by atoms with Gasteiger partial charge in [0.1, 0.15) is 10.9 Å². The highest BCUT2D eigenvalue weighted by Gasteiger charge is 2.32. The molecule has 5 nitrogen and oxygen atoms in total. The number of carbonyl (C=O) groups is 1. The minimum absolute atomic E-state index is 0.0302. The molecule has 0 saturated heterocycles. The maximum Gasteiger partial charge on any atom is 0.418 e. The van der Waals surface area contributed by atoms with Crippen molar-refractivity contribution in [3.05, 3.63) is 51.2 Å². The van der Waals surface area contributed by atoms with Crippen LogP contribution < -0.4 is 5.56 Å². The Morgan fingerprint density at radius 3 is 2.59 bits per heavy atom. The first-order valence-corrected chi connectivity index (χ1v) is 8.79. The number of thioether (sulfide) groups is 1. The minimum Gasteiger partial charge on any atom is -0.465 e. The number of carbonyl (C=O) groups excluding carboxylic acids is 1. The molecule has 0 N–H and O–H groups in total. The van der Waals surface area contributed by atoms with Crippen LogP contribution in [0.25, 0.3) is 5.69 Å². The molecule has 0 fully saturated rings. The van der Waals surface area contributed by atoms with Crippen LogP contribution in [0.2, 0.25) is 5.02 Å². The summed E-state index contributed by atoms with van der Waals surface area (Å²) < 4.78 is 57.6. The molecular formula is C16H13ClF4N2O3S. The largest absolute Gasteiger partial charge is 0.465 e. The molecule has 146 valence electrons. The summed E-state index contributed by atoms with van der Waals surface area (Å²) >= 11 is 6.92. The molecule has 0 aliphatic heterocycles. The zero-order valence-corrected chi connectivity index (χ0v) is 15.6. The smallest absolute Gasteiger partial charge is 0.418 e. The number of halogens is 5. The molecule has 0 aliphatic rings. The molecule has 0 spiro atoms. The van der Waals surface area contributed by atoms with Crippen LogP contribution >= 0.6 is 23.4 Å². The van der Waals surface area contributed by atoms with Gasteiger partial charge in [-0.05, 0) is 26.0 Å². The lowest BCUT2D eigenvalue weighted by atomic mass is 10.3. The van der Waals surface area contributed by atoms with Crippen molar-refractivity contribution in [3.63, 3.8) is 0 Å². The fraction of sp³-hybridized carbons (Fsp3) is 0.312. The van der Waals surface area contributed by atoms with Crippen molar-refractivity contribution in [1.82, 2.24) is 9.78 Å². The second-order valence-corrected chi connectivity index (χ2v) is 7.03. The average molecular weight is 425 g/mol. The number of alkyl halides is 3. The van der Waals surface area contributed by atoms with Gasteiger partial charge >= 0.3 is 12.1 Å². The number of ether oxygens (including phenoxy) is 1. The van der Waals surface area contributed by atoms with E-state index in [2.05, 4.69) is 5.10 Å². The third-order valence-corrected chi connectivity index (χ3v) is 4.84. The molecule has 2 rings (SSSR count). The van der Waals surface area contributed by atoms with E-state index in [1.54, 1.807) is 13.8 Å². The lowest BCUT2D eigenvalue weighted by molar-refractivity contribution is -0.142. The summed E-state index contributed by atoms with van der Waals surface area (Å²) in [5.41, 5.74) is -2.80. The number of aromatic nitrogens is 2. The Morgan fingerprint density at radius 1 is 1.37 bits per heavy atom. The molecule has 0 bridgehead atoms. The van der Waals surface area contributed by atoms with Crippen LogP contribution in [0.1, 0.15) is 19.4 Å². The maximum absolute atomic E-state index is 14.2. The Bertz CT molecular complexity index is 918. The van der Waals surface area contributed by atoms with E-state index in [1.807, 2.05) is 0 Å². The van der Waals surface area contributed by atoms with Gasteiger partial charge in [-0.25, -0.2) is 4.39 Å². The molecule has 1 aromatic heterocycles. The van der Waals surface area contributed by atoms with Crippen molar-refractivity contribution >= 4 is 29.3 Å². The Morgan fingerprint density at radius 2 is 2.04 bits per heavy atom. The molecule has 0 radical (unpaired) electrons. The standard InChI is InChI=1S/C16H13ClF4N2O3S/c1-3-26-15(25)8(2)27-13-6-12(11(18)5-10(13)17)23-14(24)4-9(7-22-23)16(19,20)21/h4-8H,3H2,1-2H3. The normalized spacial score (nSPS) is 12.7. The van der Waals surface area contributed by atoms with Gasteiger partial charge in [0.05, 0.1) is 23.4 Å². The Kier molecular flexibility index (Phi) is 6.53. The van der Waals surface area contributed by atoms with E-state index in [9.17, 15) is 27.2 Å².